The number of nitrogens with zero attached hydrogens (tertiary/aromatic N) is 1. The highest BCUT2D eigenvalue weighted by Gasteiger charge is 2.28. The van der Waals surface area contributed by atoms with Gasteiger partial charge in [0.2, 0.25) is 0 Å². The average molecular weight is 382 g/mol. The van der Waals surface area contributed by atoms with Crippen molar-refractivity contribution >= 4 is 5.91 Å². The molecule has 0 spiro atoms. The molecule has 2 aromatic carbocycles. The Kier molecular flexibility index (Phi) is 6.96. The van der Waals surface area contributed by atoms with Crippen molar-refractivity contribution in [2.75, 3.05) is 6.61 Å². The summed E-state index contributed by atoms with van der Waals surface area (Å²) in [4.78, 5) is 15.2. The molecule has 1 fully saturated rings. The molecule has 1 aliphatic rings. The lowest BCUT2D eigenvalue weighted by atomic mass is 9.93. The first-order valence-corrected chi connectivity index (χ1v) is 10.4. The van der Waals surface area contributed by atoms with Crippen LogP contribution in [0.5, 0.6) is 17.2 Å². The molecule has 0 atom stereocenters. The van der Waals surface area contributed by atoms with Crippen LogP contribution in [0.4, 0.5) is 0 Å². The van der Waals surface area contributed by atoms with Crippen molar-refractivity contribution in [1.82, 2.24) is 4.90 Å². The quantitative estimate of drug-likeness (QED) is 0.585. The zero-order chi connectivity index (χ0) is 19.9. The van der Waals surface area contributed by atoms with Crippen molar-refractivity contribution in [3.8, 4) is 17.2 Å². The van der Waals surface area contributed by atoms with Gasteiger partial charge < -0.3 is 14.4 Å². The van der Waals surface area contributed by atoms with Gasteiger partial charge in [0.15, 0.2) is 0 Å². The minimum atomic E-state index is 0.120. The first kappa shape index (κ1) is 20.2. The molecule has 1 saturated carbocycles. The van der Waals surface area contributed by atoms with Crippen LogP contribution in [0.25, 0.3) is 0 Å². The summed E-state index contributed by atoms with van der Waals surface area (Å²) in [6.45, 7) is 6.82. The van der Waals surface area contributed by atoms with Crippen LogP contribution in [0.1, 0.15) is 63.2 Å². The monoisotopic (exact) mass is 381 g/mol. The third kappa shape index (κ3) is 5.06. The minimum absolute atomic E-state index is 0.120. The molecule has 0 unspecified atom stereocenters. The van der Waals surface area contributed by atoms with Crippen molar-refractivity contribution in [3.05, 3.63) is 54.1 Å². The number of hydrogen-bond acceptors (Lipinski definition) is 3. The molecule has 0 radical (unpaired) electrons. The number of amides is 1. The number of carbonyl (C=O) groups excluding carboxylic acids is 1. The molecule has 0 heterocycles. The van der Waals surface area contributed by atoms with Crippen molar-refractivity contribution in [1.29, 1.82) is 0 Å². The van der Waals surface area contributed by atoms with E-state index in [1.165, 1.54) is 19.3 Å². The largest absolute Gasteiger partial charge is 0.494 e. The highest BCUT2D eigenvalue weighted by Crippen LogP contribution is 2.27. The summed E-state index contributed by atoms with van der Waals surface area (Å²) in [7, 11) is 0. The number of benzene rings is 2. The fourth-order valence-electron chi connectivity index (χ4n) is 3.90. The highest BCUT2D eigenvalue weighted by atomic mass is 16.5. The number of hydrogen-bond donors (Lipinski definition) is 0. The molecule has 0 saturated heterocycles. The summed E-state index contributed by atoms with van der Waals surface area (Å²) in [5, 5.41) is 0. The second kappa shape index (κ2) is 9.63. The lowest BCUT2D eigenvalue weighted by Crippen LogP contribution is -2.45. The van der Waals surface area contributed by atoms with E-state index < -0.39 is 0 Å². The third-order valence-corrected chi connectivity index (χ3v) is 5.23. The number of ether oxygens (including phenoxy) is 2. The lowest BCUT2D eigenvalue weighted by molar-refractivity contribution is 0.0555. The number of rotatable bonds is 7. The summed E-state index contributed by atoms with van der Waals surface area (Å²) >= 11 is 0. The van der Waals surface area contributed by atoms with E-state index in [9.17, 15) is 4.79 Å². The molecule has 4 heteroatoms. The van der Waals surface area contributed by atoms with Gasteiger partial charge in [0.05, 0.1) is 6.61 Å². The molecule has 4 nitrogen and oxygen atoms in total. The first-order chi connectivity index (χ1) is 13.6. The Balaban J connectivity index is 1.67. The van der Waals surface area contributed by atoms with E-state index in [0.29, 0.717) is 12.6 Å². The molecule has 0 aromatic heterocycles. The van der Waals surface area contributed by atoms with Gasteiger partial charge in [0, 0.05) is 17.6 Å². The van der Waals surface area contributed by atoms with Crippen LogP contribution in [-0.2, 0) is 0 Å². The van der Waals surface area contributed by atoms with E-state index in [0.717, 1.165) is 35.7 Å². The third-order valence-electron chi connectivity index (χ3n) is 5.23. The SMILES string of the molecule is CCOc1ccc(Oc2ccc(C(=O)N(C(C)C)C3CCCCC3)cc2)cc1. The Bertz CT molecular complexity index is 746. The predicted octanol–water partition coefficient (Wildman–Crippen LogP) is 6.06. The van der Waals surface area contributed by atoms with Crippen molar-refractivity contribution < 1.29 is 14.3 Å². The first-order valence-electron chi connectivity index (χ1n) is 10.4. The summed E-state index contributed by atoms with van der Waals surface area (Å²) in [6.07, 6.45) is 5.95. The summed E-state index contributed by atoms with van der Waals surface area (Å²) in [5.41, 5.74) is 0.721. The smallest absolute Gasteiger partial charge is 0.254 e. The van der Waals surface area contributed by atoms with Crippen molar-refractivity contribution in [2.24, 2.45) is 0 Å². The Labute approximate surface area is 168 Å². The molecule has 1 amide bonds. The van der Waals surface area contributed by atoms with Crippen molar-refractivity contribution in [3.63, 3.8) is 0 Å². The molecular weight excluding hydrogens is 350 g/mol. The molecule has 0 N–H and O–H groups in total. The standard InChI is InChI=1S/C24H31NO3/c1-4-27-21-14-16-23(17-15-21)28-22-12-10-19(11-13-22)24(26)25(18(2)3)20-8-6-5-7-9-20/h10-18,20H,4-9H2,1-3H3. The molecule has 28 heavy (non-hydrogen) atoms. The molecule has 3 rings (SSSR count). The van der Waals surface area contributed by atoms with Gasteiger partial charge in [-0.05, 0) is 82.1 Å². The van der Waals surface area contributed by atoms with Crippen LogP contribution in [0.3, 0.4) is 0 Å². The Morgan fingerprint density at radius 1 is 0.929 bits per heavy atom. The van der Waals surface area contributed by atoms with Crippen LogP contribution >= 0.6 is 0 Å². The molecule has 0 aliphatic heterocycles. The van der Waals surface area contributed by atoms with Crippen LogP contribution in [-0.4, -0.2) is 29.5 Å². The van der Waals surface area contributed by atoms with Gasteiger partial charge in [-0.25, -0.2) is 0 Å². The van der Waals surface area contributed by atoms with Gasteiger partial charge in [-0.3, -0.25) is 4.79 Å². The summed E-state index contributed by atoms with van der Waals surface area (Å²) in [5.74, 6) is 2.41. The maximum Gasteiger partial charge on any atom is 0.254 e. The zero-order valence-electron chi connectivity index (χ0n) is 17.2. The van der Waals surface area contributed by atoms with E-state index in [-0.39, 0.29) is 11.9 Å². The minimum Gasteiger partial charge on any atom is -0.494 e. The molecule has 2 aromatic rings. The van der Waals surface area contributed by atoms with Gasteiger partial charge in [-0.2, -0.15) is 0 Å². The van der Waals surface area contributed by atoms with Crippen LogP contribution in [0.15, 0.2) is 48.5 Å². The maximum atomic E-state index is 13.1. The Morgan fingerprint density at radius 3 is 2.00 bits per heavy atom. The lowest BCUT2D eigenvalue weighted by Gasteiger charge is -2.37. The normalized spacial score (nSPS) is 14.7. The van der Waals surface area contributed by atoms with E-state index in [4.69, 9.17) is 9.47 Å². The van der Waals surface area contributed by atoms with Crippen molar-refractivity contribution in [2.45, 2.75) is 65.0 Å². The van der Waals surface area contributed by atoms with E-state index >= 15 is 0 Å². The van der Waals surface area contributed by atoms with Crippen LogP contribution in [0, 0.1) is 0 Å². The highest BCUT2D eigenvalue weighted by molar-refractivity contribution is 5.94. The van der Waals surface area contributed by atoms with Gasteiger partial charge in [0.1, 0.15) is 17.2 Å². The zero-order valence-corrected chi connectivity index (χ0v) is 17.2. The average Bonchev–Trinajstić information content (AvgIpc) is 2.71. The van der Waals surface area contributed by atoms with Crippen LogP contribution in [0.2, 0.25) is 0 Å². The topological polar surface area (TPSA) is 38.8 Å². The van der Waals surface area contributed by atoms with Gasteiger partial charge >= 0.3 is 0 Å². The summed E-state index contributed by atoms with van der Waals surface area (Å²) < 4.78 is 11.3. The number of carbonyl (C=O) groups is 1. The van der Waals surface area contributed by atoms with E-state index in [1.807, 2.05) is 55.5 Å². The molecular formula is C24H31NO3. The van der Waals surface area contributed by atoms with Gasteiger partial charge in [-0.15, -0.1) is 0 Å². The molecule has 0 bridgehead atoms. The van der Waals surface area contributed by atoms with Gasteiger partial charge in [0.25, 0.3) is 5.91 Å². The Morgan fingerprint density at radius 2 is 1.46 bits per heavy atom. The molecule has 1 aliphatic carbocycles. The van der Waals surface area contributed by atoms with E-state index in [1.54, 1.807) is 0 Å². The van der Waals surface area contributed by atoms with Gasteiger partial charge in [-0.1, -0.05) is 19.3 Å². The second-order valence-electron chi connectivity index (χ2n) is 7.63. The van der Waals surface area contributed by atoms with E-state index in [2.05, 4.69) is 18.7 Å². The summed E-state index contributed by atoms with van der Waals surface area (Å²) in [6, 6.07) is 15.6. The molecule has 150 valence electrons. The fourth-order valence-corrected chi connectivity index (χ4v) is 3.90. The second-order valence-corrected chi connectivity index (χ2v) is 7.63. The fraction of sp³-hybridized carbons (Fsp3) is 0.458. The van der Waals surface area contributed by atoms with Crippen LogP contribution < -0.4 is 9.47 Å². The predicted molar refractivity (Wildman–Crippen MR) is 112 cm³/mol. The maximum absolute atomic E-state index is 13.1. The Hall–Kier alpha value is -2.49.